The van der Waals surface area contributed by atoms with Crippen molar-refractivity contribution in [2.75, 3.05) is 33.0 Å². The summed E-state index contributed by atoms with van der Waals surface area (Å²) in [6.07, 6.45) is 1.78. The zero-order chi connectivity index (χ0) is 15.5. The number of morpholine rings is 1. The molecule has 0 N–H and O–H groups in total. The lowest BCUT2D eigenvalue weighted by Crippen LogP contribution is -2.45. The molecule has 2 fully saturated rings. The highest BCUT2D eigenvalue weighted by Gasteiger charge is 2.36. The molecule has 3 rings (SSSR count). The first-order chi connectivity index (χ1) is 10.6. The van der Waals surface area contributed by atoms with E-state index in [0.29, 0.717) is 24.8 Å². The Labute approximate surface area is 146 Å². The van der Waals surface area contributed by atoms with Crippen molar-refractivity contribution in [2.24, 2.45) is 0 Å². The summed E-state index contributed by atoms with van der Waals surface area (Å²) >= 11 is 3.23. The quantitative estimate of drug-likeness (QED) is 0.545. The summed E-state index contributed by atoms with van der Waals surface area (Å²) in [6.45, 7) is 3.13. The minimum atomic E-state index is -0.208. The molecule has 116 valence electrons. The molecule has 2 aliphatic heterocycles. The summed E-state index contributed by atoms with van der Waals surface area (Å²) in [7, 11) is 0. The van der Waals surface area contributed by atoms with Gasteiger partial charge in [0.05, 0.1) is 24.8 Å². The predicted octanol–water partition coefficient (Wildman–Crippen LogP) is 2.62. The molecule has 0 saturated carbocycles. The summed E-state index contributed by atoms with van der Waals surface area (Å²) in [4.78, 5) is 28.4. The van der Waals surface area contributed by atoms with Crippen molar-refractivity contribution in [3.05, 3.63) is 38.3 Å². The first-order valence-corrected chi connectivity index (χ1v) is 8.84. The van der Waals surface area contributed by atoms with Crippen molar-refractivity contribution in [1.82, 2.24) is 9.80 Å². The zero-order valence-electron chi connectivity index (χ0n) is 11.8. The third-order valence-electron chi connectivity index (χ3n) is 3.47. The highest BCUT2D eigenvalue weighted by molar-refractivity contribution is 14.1. The van der Waals surface area contributed by atoms with Crippen molar-refractivity contribution in [1.29, 1.82) is 0 Å². The van der Waals surface area contributed by atoms with Crippen LogP contribution in [-0.4, -0.2) is 53.9 Å². The number of carbonyl (C=O) groups excluding carboxylic acids is 2. The molecular formula is C15H15IN2O3S. The van der Waals surface area contributed by atoms with Gasteiger partial charge < -0.3 is 4.74 Å². The maximum atomic E-state index is 12.4. The Morgan fingerprint density at radius 2 is 2.05 bits per heavy atom. The number of ether oxygens (including phenoxy) is 1. The predicted molar refractivity (Wildman–Crippen MR) is 94.2 cm³/mol. The lowest BCUT2D eigenvalue weighted by Gasteiger charge is -2.29. The third kappa shape index (κ3) is 3.70. The lowest BCUT2D eigenvalue weighted by molar-refractivity contribution is -0.125. The number of nitrogens with zero attached hydrogens (tertiary/aromatic N) is 2. The second kappa shape index (κ2) is 7.12. The molecule has 0 atom stereocenters. The van der Waals surface area contributed by atoms with Gasteiger partial charge in [0.1, 0.15) is 0 Å². The number of thioether (sulfide) groups is 1. The van der Waals surface area contributed by atoms with Crippen LogP contribution in [0, 0.1) is 3.57 Å². The molecule has 0 radical (unpaired) electrons. The SMILES string of the molecule is O=C1S/C(=C\c2cccc(I)c2)C(=O)N1CN1CCOCC1. The van der Waals surface area contributed by atoms with Crippen molar-refractivity contribution < 1.29 is 14.3 Å². The van der Waals surface area contributed by atoms with Gasteiger partial charge in [-0.05, 0) is 58.1 Å². The van der Waals surface area contributed by atoms with Crippen LogP contribution in [0.5, 0.6) is 0 Å². The normalized spacial score (nSPS) is 21.9. The molecule has 1 aromatic rings. The van der Waals surface area contributed by atoms with Gasteiger partial charge >= 0.3 is 0 Å². The molecule has 2 heterocycles. The molecule has 2 saturated heterocycles. The Morgan fingerprint density at radius 1 is 1.27 bits per heavy atom. The smallest absolute Gasteiger partial charge is 0.294 e. The van der Waals surface area contributed by atoms with Gasteiger partial charge in [-0.25, -0.2) is 0 Å². The van der Waals surface area contributed by atoms with Gasteiger partial charge in [0.25, 0.3) is 11.1 Å². The van der Waals surface area contributed by atoms with Crippen LogP contribution in [0.1, 0.15) is 5.56 Å². The van der Waals surface area contributed by atoms with E-state index in [2.05, 4.69) is 27.5 Å². The summed E-state index contributed by atoms with van der Waals surface area (Å²) in [5, 5.41) is -0.201. The van der Waals surface area contributed by atoms with E-state index in [1.165, 1.54) is 4.90 Å². The van der Waals surface area contributed by atoms with E-state index in [-0.39, 0.29) is 11.1 Å². The molecule has 22 heavy (non-hydrogen) atoms. The van der Waals surface area contributed by atoms with Crippen LogP contribution in [0.4, 0.5) is 4.79 Å². The first-order valence-electron chi connectivity index (χ1n) is 6.94. The summed E-state index contributed by atoms with van der Waals surface area (Å²) in [5.74, 6) is -0.208. The number of rotatable bonds is 3. The van der Waals surface area contributed by atoms with Crippen LogP contribution in [-0.2, 0) is 9.53 Å². The monoisotopic (exact) mass is 430 g/mol. The molecule has 2 amide bonds. The second-order valence-electron chi connectivity index (χ2n) is 5.04. The fraction of sp³-hybridized carbons (Fsp3) is 0.333. The molecule has 7 heteroatoms. The van der Waals surface area contributed by atoms with Gasteiger partial charge in [-0.15, -0.1) is 0 Å². The minimum Gasteiger partial charge on any atom is -0.379 e. The van der Waals surface area contributed by atoms with Crippen LogP contribution in [0.3, 0.4) is 0 Å². The third-order valence-corrected chi connectivity index (χ3v) is 5.04. The Kier molecular flexibility index (Phi) is 5.17. The zero-order valence-corrected chi connectivity index (χ0v) is 14.8. The number of amides is 2. The Bertz CT molecular complexity index is 629. The van der Waals surface area contributed by atoms with E-state index in [4.69, 9.17) is 4.74 Å². The van der Waals surface area contributed by atoms with Gasteiger partial charge in [0.15, 0.2) is 0 Å². The molecule has 5 nitrogen and oxygen atoms in total. The maximum absolute atomic E-state index is 12.4. The number of halogens is 1. The van der Waals surface area contributed by atoms with Gasteiger partial charge in [-0.1, -0.05) is 12.1 Å². The van der Waals surface area contributed by atoms with E-state index < -0.39 is 0 Å². The van der Waals surface area contributed by atoms with Crippen molar-refractivity contribution in [2.45, 2.75) is 0 Å². The summed E-state index contributed by atoms with van der Waals surface area (Å²) < 4.78 is 6.38. The van der Waals surface area contributed by atoms with Crippen LogP contribution in [0.25, 0.3) is 6.08 Å². The van der Waals surface area contributed by atoms with Gasteiger partial charge in [0.2, 0.25) is 0 Å². The summed E-state index contributed by atoms with van der Waals surface area (Å²) in [5.41, 5.74) is 0.934. The lowest BCUT2D eigenvalue weighted by atomic mass is 10.2. The van der Waals surface area contributed by atoms with Crippen LogP contribution < -0.4 is 0 Å². The molecule has 0 unspecified atom stereocenters. The highest BCUT2D eigenvalue weighted by atomic mass is 127. The number of benzene rings is 1. The van der Waals surface area contributed by atoms with Gasteiger partial charge in [-0.2, -0.15) is 0 Å². The number of imide groups is 1. The number of carbonyl (C=O) groups is 2. The largest absolute Gasteiger partial charge is 0.379 e. The standard InChI is InChI=1S/C15H15IN2O3S/c16-12-3-1-2-11(8-12)9-13-14(19)18(15(20)22-13)10-17-4-6-21-7-5-17/h1-3,8-9H,4-7,10H2/b13-9-. The highest BCUT2D eigenvalue weighted by Crippen LogP contribution is 2.32. The molecule has 0 aliphatic carbocycles. The number of hydrogen-bond acceptors (Lipinski definition) is 5. The molecule has 0 aromatic heterocycles. The van der Waals surface area contributed by atoms with Crippen LogP contribution in [0.15, 0.2) is 29.2 Å². The van der Waals surface area contributed by atoms with Crippen molar-refractivity contribution in [3.8, 4) is 0 Å². The fourth-order valence-electron chi connectivity index (χ4n) is 2.31. The second-order valence-corrected chi connectivity index (χ2v) is 7.28. The fourth-order valence-corrected chi connectivity index (χ4v) is 3.71. The Balaban J connectivity index is 1.73. The maximum Gasteiger partial charge on any atom is 0.294 e. The Hall–Kier alpha value is -0.900. The average Bonchev–Trinajstić information content (AvgIpc) is 2.76. The molecule has 1 aromatic carbocycles. The van der Waals surface area contributed by atoms with Gasteiger partial charge in [-0.3, -0.25) is 19.4 Å². The van der Waals surface area contributed by atoms with Crippen LogP contribution in [0.2, 0.25) is 0 Å². The van der Waals surface area contributed by atoms with E-state index in [1.807, 2.05) is 24.3 Å². The molecule has 2 aliphatic rings. The molecule has 0 spiro atoms. The number of hydrogen-bond donors (Lipinski definition) is 0. The summed E-state index contributed by atoms with van der Waals surface area (Å²) in [6, 6.07) is 7.84. The molecule has 0 bridgehead atoms. The first kappa shape index (κ1) is 16.0. The van der Waals surface area contributed by atoms with Gasteiger partial charge in [0, 0.05) is 16.7 Å². The van der Waals surface area contributed by atoms with Crippen molar-refractivity contribution >= 4 is 51.6 Å². The van der Waals surface area contributed by atoms with E-state index in [0.717, 1.165) is 34.0 Å². The van der Waals surface area contributed by atoms with E-state index >= 15 is 0 Å². The average molecular weight is 430 g/mol. The van der Waals surface area contributed by atoms with E-state index in [1.54, 1.807) is 6.08 Å². The molecular weight excluding hydrogens is 415 g/mol. The minimum absolute atomic E-state index is 0.201. The van der Waals surface area contributed by atoms with E-state index in [9.17, 15) is 9.59 Å². The Morgan fingerprint density at radius 3 is 2.77 bits per heavy atom. The van der Waals surface area contributed by atoms with Crippen LogP contribution >= 0.6 is 34.4 Å². The topological polar surface area (TPSA) is 49.9 Å². The van der Waals surface area contributed by atoms with Crippen molar-refractivity contribution in [3.63, 3.8) is 0 Å².